The van der Waals surface area contributed by atoms with E-state index in [1.807, 2.05) is 27.7 Å². The summed E-state index contributed by atoms with van der Waals surface area (Å²) >= 11 is 0. The standard InChI is InChI=1S/C14H27N3O2/c1-5-17(9-13(18)16-10(2)3)14(19)12-7-6-8-15-11(12)4/h10-12,15H,5-9H2,1-4H3,(H,16,18). The lowest BCUT2D eigenvalue weighted by Crippen LogP contribution is -2.50. The van der Waals surface area contributed by atoms with Crippen LogP contribution in [-0.2, 0) is 9.59 Å². The van der Waals surface area contributed by atoms with Gasteiger partial charge in [-0.2, -0.15) is 0 Å². The molecule has 0 aromatic carbocycles. The molecule has 0 spiro atoms. The van der Waals surface area contributed by atoms with E-state index in [1.165, 1.54) is 0 Å². The average Bonchev–Trinajstić information content (AvgIpc) is 2.35. The van der Waals surface area contributed by atoms with Crippen molar-refractivity contribution in [2.75, 3.05) is 19.6 Å². The van der Waals surface area contributed by atoms with Gasteiger partial charge in [0.15, 0.2) is 0 Å². The highest BCUT2D eigenvalue weighted by molar-refractivity contribution is 5.86. The summed E-state index contributed by atoms with van der Waals surface area (Å²) in [7, 11) is 0. The Morgan fingerprint density at radius 1 is 1.42 bits per heavy atom. The van der Waals surface area contributed by atoms with Gasteiger partial charge < -0.3 is 15.5 Å². The topological polar surface area (TPSA) is 61.4 Å². The Bertz CT molecular complexity index is 318. The van der Waals surface area contributed by atoms with E-state index < -0.39 is 0 Å². The van der Waals surface area contributed by atoms with Gasteiger partial charge in [0.25, 0.3) is 0 Å². The molecule has 1 aliphatic rings. The fourth-order valence-corrected chi connectivity index (χ4v) is 2.50. The van der Waals surface area contributed by atoms with Crippen LogP contribution in [0, 0.1) is 5.92 Å². The number of carbonyl (C=O) groups excluding carboxylic acids is 2. The molecule has 0 saturated carbocycles. The van der Waals surface area contributed by atoms with Gasteiger partial charge in [0.1, 0.15) is 0 Å². The lowest BCUT2D eigenvalue weighted by Gasteiger charge is -2.33. The van der Waals surface area contributed by atoms with Crippen LogP contribution in [0.2, 0.25) is 0 Å². The van der Waals surface area contributed by atoms with Crippen LogP contribution in [0.4, 0.5) is 0 Å². The van der Waals surface area contributed by atoms with E-state index >= 15 is 0 Å². The quantitative estimate of drug-likeness (QED) is 0.774. The Morgan fingerprint density at radius 2 is 2.11 bits per heavy atom. The van der Waals surface area contributed by atoms with Crippen molar-refractivity contribution in [3.63, 3.8) is 0 Å². The Kier molecular flexibility index (Phi) is 6.28. The third-order valence-corrected chi connectivity index (χ3v) is 3.56. The predicted molar refractivity (Wildman–Crippen MR) is 75.7 cm³/mol. The van der Waals surface area contributed by atoms with Gasteiger partial charge in [0.05, 0.1) is 12.5 Å². The number of carbonyl (C=O) groups is 2. The van der Waals surface area contributed by atoms with Crippen LogP contribution in [0.25, 0.3) is 0 Å². The maximum atomic E-state index is 12.5. The molecular formula is C14H27N3O2. The molecule has 1 fully saturated rings. The molecule has 1 saturated heterocycles. The molecule has 0 aromatic heterocycles. The molecule has 1 heterocycles. The largest absolute Gasteiger partial charge is 0.352 e. The Hall–Kier alpha value is -1.10. The van der Waals surface area contributed by atoms with Gasteiger partial charge in [-0.15, -0.1) is 0 Å². The predicted octanol–water partition coefficient (Wildman–Crippen LogP) is 0.748. The van der Waals surface area contributed by atoms with Crippen LogP contribution in [-0.4, -0.2) is 48.4 Å². The third-order valence-electron chi connectivity index (χ3n) is 3.56. The Morgan fingerprint density at radius 3 is 2.63 bits per heavy atom. The number of rotatable bonds is 5. The van der Waals surface area contributed by atoms with Gasteiger partial charge in [-0.1, -0.05) is 0 Å². The van der Waals surface area contributed by atoms with Gasteiger partial charge in [0.2, 0.25) is 11.8 Å². The smallest absolute Gasteiger partial charge is 0.239 e. The van der Waals surface area contributed by atoms with Crippen molar-refractivity contribution in [2.24, 2.45) is 5.92 Å². The maximum absolute atomic E-state index is 12.5. The van der Waals surface area contributed by atoms with E-state index in [2.05, 4.69) is 10.6 Å². The molecule has 110 valence electrons. The number of nitrogens with one attached hydrogen (secondary N) is 2. The van der Waals surface area contributed by atoms with E-state index in [0.29, 0.717) is 6.54 Å². The van der Waals surface area contributed by atoms with Gasteiger partial charge in [-0.25, -0.2) is 0 Å². The molecule has 0 aliphatic carbocycles. The number of likely N-dealkylation sites (N-methyl/N-ethyl adjacent to an activating group) is 1. The van der Waals surface area contributed by atoms with Crippen LogP contribution in [0.1, 0.15) is 40.5 Å². The lowest BCUT2D eigenvalue weighted by atomic mass is 9.90. The average molecular weight is 269 g/mol. The molecule has 1 rings (SSSR count). The Balaban J connectivity index is 2.58. The first-order valence-corrected chi connectivity index (χ1v) is 7.27. The SMILES string of the molecule is CCN(CC(=O)NC(C)C)C(=O)C1CCCNC1C. The minimum atomic E-state index is -0.0818. The highest BCUT2D eigenvalue weighted by Gasteiger charge is 2.31. The van der Waals surface area contributed by atoms with Crippen LogP contribution >= 0.6 is 0 Å². The zero-order chi connectivity index (χ0) is 14.4. The fraction of sp³-hybridized carbons (Fsp3) is 0.857. The first-order chi connectivity index (χ1) is 8.95. The zero-order valence-electron chi connectivity index (χ0n) is 12.5. The molecule has 5 nitrogen and oxygen atoms in total. The first-order valence-electron chi connectivity index (χ1n) is 7.27. The molecule has 1 aliphatic heterocycles. The van der Waals surface area contributed by atoms with Crippen molar-refractivity contribution in [3.8, 4) is 0 Å². The van der Waals surface area contributed by atoms with E-state index in [9.17, 15) is 9.59 Å². The van der Waals surface area contributed by atoms with Gasteiger partial charge >= 0.3 is 0 Å². The lowest BCUT2D eigenvalue weighted by molar-refractivity contribution is -0.140. The second-order valence-corrected chi connectivity index (χ2v) is 5.57. The van der Waals surface area contributed by atoms with E-state index in [4.69, 9.17) is 0 Å². The maximum Gasteiger partial charge on any atom is 0.239 e. The van der Waals surface area contributed by atoms with E-state index in [1.54, 1.807) is 4.90 Å². The highest BCUT2D eigenvalue weighted by atomic mass is 16.2. The molecule has 2 atom stereocenters. The van der Waals surface area contributed by atoms with Crippen LogP contribution in [0.15, 0.2) is 0 Å². The van der Waals surface area contributed by atoms with Crippen molar-refractivity contribution in [3.05, 3.63) is 0 Å². The van der Waals surface area contributed by atoms with Gasteiger partial charge in [0, 0.05) is 18.6 Å². The molecule has 5 heteroatoms. The van der Waals surface area contributed by atoms with Crippen molar-refractivity contribution in [2.45, 2.75) is 52.6 Å². The summed E-state index contributed by atoms with van der Waals surface area (Å²) in [6, 6.07) is 0.306. The van der Waals surface area contributed by atoms with Gasteiger partial charge in [-0.3, -0.25) is 9.59 Å². The van der Waals surface area contributed by atoms with Crippen molar-refractivity contribution >= 4 is 11.8 Å². The van der Waals surface area contributed by atoms with Crippen LogP contribution in [0.5, 0.6) is 0 Å². The number of nitrogens with zero attached hydrogens (tertiary/aromatic N) is 1. The van der Waals surface area contributed by atoms with Crippen molar-refractivity contribution in [1.29, 1.82) is 0 Å². The second-order valence-electron chi connectivity index (χ2n) is 5.57. The molecular weight excluding hydrogens is 242 g/mol. The number of hydrogen-bond acceptors (Lipinski definition) is 3. The number of hydrogen-bond donors (Lipinski definition) is 2. The summed E-state index contributed by atoms with van der Waals surface area (Å²) in [4.78, 5) is 25.9. The third kappa shape index (κ3) is 4.82. The monoisotopic (exact) mass is 269 g/mol. The summed E-state index contributed by atoms with van der Waals surface area (Å²) in [5, 5.41) is 6.16. The fourth-order valence-electron chi connectivity index (χ4n) is 2.50. The zero-order valence-corrected chi connectivity index (χ0v) is 12.5. The summed E-state index contributed by atoms with van der Waals surface area (Å²) in [5.41, 5.74) is 0. The molecule has 0 radical (unpaired) electrons. The van der Waals surface area contributed by atoms with Crippen molar-refractivity contribution < 1.29 is 9.59 Å². The van der Waals surface area contributed by atoms with Crippen LogP contribution in [0.3, 0.4) is 0 Å². The molecule has 0 bridgehead atoms. The minimum Gasteiger partial charge on any atom is -0.352 e. The molecule has 19 heavy (non-hydrogen) atoms. The summed E-state index contributed by atoms with van der Waals surface area (Å²) < 4.78 is 0. The molecule has 2 amide bonds. The summed E-state index contributed by atoms with van der Waals surface area (Å²) in [6.45, 7) is 9.52. The Labute approximate surface area is 116 Å². The van der Waals surface area contributed by atoms with Crippen LogP contribution < -0.4 is 10.6 Å². The summed E-state index contributed by atoms with van der Waals surface area (Å²) in [5.74, 6) is 0.0169. The number of amides is 2. The summed E-state index contributed by atoms with van der Waals surface area (Å²) in [6.07, 6.45) is 1.94. The molecule has 2 N–H and O–H groups in total. The van der Waals surface area contributed by atoms with E-state index in [0.717, 1.165) is 19.4 Å². The molecule has 0 aromatic rings. The van der Waals surface area contributed by atoms with Crippen molar-refractivity contribution in [1.82, 2.24) is 15.5 Å². The highest BCUT2D eigenvalue weighted by Crippen LogP contribution is 2.18. The molecule has 2 unspecified atom stereocenters. The van der Waals surface area contributed by atoms with E-state index in [-0.39, 0.29) is 36.4 Å². The second kappa shape index (κ2) is 7.48. The number of piperidine rings is 1. The van der Waals surface area contributed by atoms with Gasteiger partial charge in [-0.05, 0) is 47.1 Å². The first kappa shape index (κ1) is 16.0. The normalized spacial score (nSPS) is 23.2. The minimum absolute atomic E-state index is 0.000509.